The van der Waals surface area contributed by atoms with Gasteiger partial charge in [0.05, 0.1) is 6.54 Å². The van der Waals surface area contributed by atoms with E-state index in [-0.39, 0.29) is 12.0 Å². The Hall–Kier alpha value is -2.04. The average Bonchev–Trinajstić information content (AvgIpc) is 2.80. The number of nitrogens with one attached hydrogen (secondary N) is 1. The Bertz CT molecular complexity index is 533. The third-order valence-corrected chi connectivity index (χ3v) is 4.39. The Balaban J connectivity index is 1.61. The minimum Gasteiger partial charge on any atom is -0.447 e. The van der Waals surface area contributed by atoms with E-state index in [1.165, 1.54) is 25.7 Å². The number of amides is 2. The van der Waals surface area contributed by atoms with Gasteiger partial charge in [-0.1, -0.05) is 25.7 Å². The molecule has 3 rings (SSSR count). The van der Waals surface area contributed by atoms with E-state index in [0.717, 1.165) is 18.5 Å². The van der Waals surface area contributed by atoms with Gasteiger partial charge in [-0.2, -0.15) is 0 Å². The SMILES string of the molecule is O=C(NC1CCCCCC1)c1ccc(N2CCOC2=O)cc1. The lowest BCUT2D eigenvalue weighted by Crippen LogP contribution is -2.34. The maximum Gasteiger partial charge on any atom is 0.414 e. The Morgan fingerprint density at radius 3 is 2.36 bits per heavy atom. The van der Waals surface area contributed by atoms with Crippen molar-refractivity contribution in [2.24, 2.45) is 0 Å². The van der Waals surface area contributed by atoms with Gasteiger partial charge in [0, 0.05) is 17.3 Å². The molecule has 118 valence electrons. The molecule has 1 saturated carbocycles. The van der Waals surface area contributed by atoms with Crippen LogP contribution in [0, 0.1) is 0 Å². The third kappa shape index (κ3) is 3.40. The van der Waals surface area contributed by atoms with Crippen LogP contribution in [0.3, 0.4) is 0 Å². The zero-order chi connectivity index (χ0) is 15.4. The number of anilines is 1. The zero-order valence-corrected chi connectivity index (χ0v) is 12.7. The fraction of sp³-hybridized carbons (Fsp3) is 0.529. The van der Waals surface area contributed by atoms with Crippen LogP contribution in [0.2, 0.25) is 0 Å². The quantitative estimate of drug-likeness (QED) is 0.873. The first-order valence-corrected chi connectivity index (χ1v) is 8.09. The fourth-order valence-corrected chi connectivity index (χ4v) is 3.11. The zero-order valence-electron chi connectivity index (χ0n) is 12.7. The topological polar surface area (TPSA) is 58.6 Å². The first kappa shape index (κ1) is 14.9. The molecule has 0 aromatic heterocycles. The number of hydrogen-bond donors (Lipinski definition) is 1. The van der Waals surface area contributed by atoms with E-state index < -0.39 is 0 Å². The number of rotatable bonds is 3. The van der Waals surface area contributed by atoms with Crippen LogP contribution >= 0.6 is 0 Å². The molecule has 1 N–H and O–H groups in total. The van der Waals surface area contributed by atoms with Gasteiger partial charge in [-0.3, -0.25) is 9.69 Å². The highest BCUT2D eigenvalue weighted by Gasteiger charge is 2.23. The second-order valence-electron chi connectivity index (χ2n) is 5.97. The van der Waals surface area contributed by atoms with Crippen LogP contribution in [0.5, 0.6) is 0 Å². The third-order valence-electron chi connectivity index (χ3n) is 4.39. The van der Waals surface area contributed by atoms with Crippen LogP contribution in [0.4, 0.5) is 10.5 Å². The van der Waals surface area contributed by atoms with Crippen LogP contribution in [-0.4, -0.2) is 31.2 Å². The van der Waals surface area contributed by atoms with E-state index in [1.54, 1.807) is 29.2 Å². The van der Waals surface area contributed by atoms with Gasteiger partial charge in [0.2, 0.25) is 0 Å². The molecule has 22 heavy (non-hydrogen) atoms. The fourth-order valence-electron chi connectivity index (χ4n) is 3.11. The predicted molar refractivity (Wildman–Crippen MR) is 84.1 cm³/mol. The Labute approximate surface area is 130 Å². The van der Waals surface area contributed by atoms with Crippen LogP contribution in [0.1, 0.15) is 48.9 Å². The molecule has 1 saturated heterocycles. The molecule has 2 fully saturated rings. The van der Waals surface area contributed by atoms with Crippen molar-refractivity contribution in [1.29, 1.82) is 0 Å². The summed E-state index contributed by atoms with van der Waals surface area (Å²) in [6, 6.07) is 7.44. The molecule has 0 unspecified atom stereocenters. The van der Waals surface area contributed by atoms with Crippen molar-refractivity contribution < 1.29 is 14.3 Å². The maximum atomic E-state index is 12.3. The predicted octanol–water partition coefficient (Wildman–Crippen LogP) is 3.10. The molecule has 1 aromatic rings. The summed E-state index contributed by atoms with van der Waals surface area (Å²) in [5.41, 5.74) is 1.41. The number of carbonyl (C=O) groups excluding carboxylic acids is 2. The summed E-state index contributed by atoms with van der Waals surface area (Å²) in [6.45, 7) is 0.981. The normalized spacial score (nSPS) is 19.6. The summed E-state index contributed by atoms with van der Waals surface area (Å²) in [6.07, 6.45) is 6.75. The van der Waals surface area contributed by atoms with Crippen molar-refractivity contribution in [3.63, 3.8) is 0 Å². The molecule has 0 atom stereocenters. The average molecular weight is 302 g/mol. The van der Waals surface area contributed by atoms with Gasteiger partial charge in [0.1, 0.15) is 6.61 Å². The molecule has 1 aliphatic carbocycles. The van der Waals surface area contributed by atoms with E-state index in [4.69, 9.17) is 4.74 Å². The standard InChI is InChI=1S/C17H22N2O3/c20-16(18-14-5-3-1-2-4-6-14)13-7-9-15(10-8-13)19-11-12-22-17(19)21/h7-10,14H,1-6,11-12H2,(H,18,20). The first-order valence-electron chi connectivity index (χ1n) is 8.09. The lowest BCUT2D eigenvalue weighted by atomic mass is 10.1. The summed E-state index contributed by atoms with van der Waals surface area (Å²) in [4.78, 5) is 25.4. The lowest BCUT2D eigenvalue weighted by Gasteiger charge is -2.17. The minimum absolute atomic E-state index is 0.0255. The van der Waals surface area contributed by atoms with Gasteiger partial charge >= 0.3 is 6.09 Å². The number of cyclic esters (lactones) is 1. The van der Waals surface area contributed by atoms with Crippen molar-refractivity contribution in [2.45, 2.75) is 44.6 Å². The molecule has 2 aliphatic rings. The summed E-state index contributed by atoms with van der Waals surface area (Å²) in [7, 11) is 0. The second kappa shape index (κ2) is 6.81. The van der Waals surface area contributed by atoms with Crippen LogP contribution in [0.25, 0.3) is 0 Å². The van der Waals surface area contributed by atoms with Gasteiger partial charge in [0.15, 0.2) is 0 Å². The van der Waals surface area contributed by atoms with Crippen molar-refractivity contribution >= 4 is 17.7 Å². The van der Waals surface area contributed by atoms with E-state index >= 15 is 0 Å². The molecule has 5 nitrogen and oxygen atoms in total. The summed E-state index contributed by atoms with van der Waals surface area (Å²) >= 11 is 0. The van der Waals surface area contributed by atoms with Gasteiger partial charge in [-0.05, 0) is 37.1 Å². The number of carbonyl (C=O) groups is 2. The van der Waals surface area contributed by atoms with E-state index in [0.29, 0.717) is 24.8 Å². The molecule has 2 amide bonds. The van der Waals surface area contributed by atoms with Crippen molar-refractivity contribution in [3.8, 4) is 0 Å². The first-order chi connectivity index (χ1) is 10.7. The highest BCUT2D eigenvalue weighted by Crippen LogP contribution is 2.20. The summed E-state index contributed by atoms with van der Waals surface area (Å²) in [5, 5.41) is 3.13. The molecular weight excluding hydrogens is 280 g/mol. The Morgan fingerprint density at radius 1 is 1.09 bits per heavy atom. The molecular formula is C17H22N2O3. The van der Waals surface area contributed by atoms with Crippen molar-refractivity contribution in [1.82, 2.24) is 5.32 Å². The molecule has 0 radical (unpaired) electrons. The van der Waals surface area contributed by atoms with Crippen molar-refractivity contribution in [3.05, 3.63) is 29.8 Å². The Kier molecular flexibility index (Phi) is 4.61. The van der Waals surface area contributed by atoms with Crippen molar-refractivity contribution in [2.75, 3.05) is 18.1 Å². The molecule has 1 aliphatic heterocycles. The highest BCUT2D eigenvalue weighted by molar-refractivity contribution is 5.95. The lowest BCUT2D eigenvalue weighted by molar-refractivity contribution is 0.0933. The molecule has 1 aromatic carbocycles. The van der Waals surface area contributed by atoms with Gasteiger partial charge < -0.3 is 10.1 Å². The summed E-state index contributed by atoms with van der Waals surface area (Å²) < 4.78 is 4.92. The monoisotopic (exact) mass is 302 g/mol. The van der Waals surface area contributed by atoms with E-state index in [2.05, 4.69) is 5.32 Å². The maximum absolute atomic E-state index is 12.3. The highest BCUT2D eigenvalue weighted by atomic mass is 16.6. The number of nitrogens with zero attached hydrogens (tertiary/aromatic N) is 1. The molecule has 0 bridgehead atoms. The molecule has 0 spiro atoms. The number of benzene rings is 1. The summed E-state index contributed by atoms with van der Waals surface area (Å²) in [5.74, 6) is -0.0255. The smallest absolute Gasteiger partial charge is 0.414 e. The van der Waals surface area contributed by atoms with Crippen LogP contribution in [0.15, 0.2) is 24.3 Å². The number of ether oxygens (including phenoxy) is 1. The second-order valence-corrected chi connectivity index (χ2v) is 5.97. The largest absolute Gasteiger partial charge is 0.447 e. The van der Waals surface area contributed by atoms with Crippen LogP contribution in [-0.2, 0) is 4.74 Å². The Morgan fingerprint density at radius 2 is 1.77 bits per heavy atom. The van der Waals surface area contributed by atoms with Gasteiger partial charge in [0.25, 0.3) is 5.91 Å². The molecule has 1 heterocycles. The van der Waals surface area contributed by atoms with E-state index in [1.807, 2.05) is 0 Å². The van der Waals surface area contributed by atoms with Gasteiger partial charge in [-0.25, -0.2) is 4.79 Å². The minimum atomic E-state index is -0.323. The van der Waals surface area contributed by atoms with E-state index in [9.17, 15) is 9.59 Å². The van der Waals surface area contributed by atoms with Crippen LogP contribution < -0.4 is 10.2 Å². The number of hydrogen-bond acceptors (Lipinski definition) is 3. The molecule has 5 heteroatoms. The van der Waals surface area contributed by atoms with Gasteiger partial charge in [-0.15, -0.1) is 0 Å².